The maximum Gasteiger partial charge on any atom is 0.250 e. The van der Waals surface area contributed by atoms with Crippen molar-refractivity contribution in [2.45, 2.75) is 0 Å². The minimum Gasteiger partial charge on any atom is -0.380 e. The Hall–Kier alpha value is -0.660. The van der Waals surface area contributed by atoms with Gasteiger partial charge in [0.15, 0.2) is 0 Å². The highest BCUT2D eigenvalue weighted by Crippen LogP contribution is 2.37. The fourth-order valence-electron chi connectivity index (χ4n) is 0.104. The molecular formula is C2H6N3O2P. The molecule has 0 saturated carbocycles. The van der Waals surface area contributed by atoms with Crippen LogP contribution in [0.2, 0.25) is 0 Å². The standard InChI is InChI=1S/C2H6N3O2P/c1-8(2,6)7-5-4-3/h1-2H3. The third kappa shape index (κ3) is 5.34. The van der Waals surface area contributed by atoms with E-state index in [9.17, 15) is 4.57 Å². The summed E-state index contributed by atoms with van der Waals surface area (Å²) < 4.78 is 14.6. The molecule has 0 aliphatic rings. The molecule has 0 aliphatic heterocycles. The molecule has 0 saturated heterocycles. The van der Waals surface area contributed by atoms with Crippen LogP contribution in [0.5, 0.6) is 0 Å². The van der Waals surface area contributed by atoms with Crippen LogP contribution in [-0.4, -0.2) is 13.3 Å². The van der Waals surface area contributed by atoms with Crippen LogP contribution in [0.25, 0.3) is 10.4 Å². The molecule has 0 N–H and O–H groups in total. The van der Waals surface area contributed by atoms with Gasteiger partial charge >= 0.3 is 0 Å². The van der Waals surface area contributed by atoms with Gasteiger partial charge < -0.3 is 4.62 Å². The molecule has 0 aromatic carbocycles. The van der Waals surface area contributed by atoms with Crippen molar-refractivity contribution < 1.29 is 9.19 Å². The predicted octanol–water partition coefficient (Wildman–Crippen LogP) is 1.77. The van der Waals surface area contributed by atoms with Crippen molar-refractivity contribution in [3.05, 3.63) is 10.4 Å². The van der Waals surface area contributed by atoms with Gasteiger partial charge in [-0.25, -0.2) is 0 Å². The Labute approximate surface area is 46.7 Å². The van der Waals surface area contributed by atoms with Gasteiger partial charge in [0.05, 0.1) is 0 Å². The van der Waals surface area contributed by atoms with Gasteiger partial charge in [0, 0.05) is 18.2 Å². The smallest absolute Gasteiger partial charge is 0.250 e. The zero-order valence-electron chi connectivity index (χ0n) is 4.61. The summed E-state index contributed by atoms with van der Waals surface area (Å²) in [6.07, 6.45) is 0. The Bertz CT molecular complexity index is 155. The van der Waals surface area contributed by atoms with Crippen LogP contribution in [0.3, 0.4) is 0 Å². The number of nitrogens with zero attached hydrogens (tertiary/aromatic N) is 3. The molecule has 6 heteroatoms. The van der Waals surface area contributed by atoms with Gasteiger partial charge in [0.2, 0.25) is 0 Å². The Morgan fingerprint density at radius 3 is 2.38 bits per heavy atom. The minimum atomic E-state index is -2.60. The van der Waals surface area contributed by atoms with Crippen molar-refractivity contribution in [3.8, 4) is 0 Å². The maximum atomic E-state index is 10.5. The van der Waals surface area contributed by atoms with Crippen molar-refractivity contribution in [1.29, 1.82) is 0 Å². The summed E-state index contributed by atoms with van der Waals surface area (Å²) in [6.45, 7) is 2.73. The molecule has 46 valence electrons. The Morgan fingerprint density at radius 2 is 2.25 bits per heavy atom. The van der Waals surface area contributed by atoms with Crippen molar-refractivity contribution in [1.82, 2.24) is 0 Å². The lowest BCUT2D eigenvalue weighted by molar-refractivity contribution is 0.335. The first-order chi connectivity index (χ1) is 3.56. The summed E-state index contributed by atoms with van der Waals surface area (Å²) >= 11 is 0. The maximum absolute atomic E-state index is 10.5. The van der Waals surface area contributed by atoms with Crippen LogP contribution in [0, 0.1) is 0 Å². The predicted molar refractivity (Wildman–Crippen MR) is 29.7 cm³/mol. The van der Waals surface area contributed by atoms with Gasteiger partial charge in [-0.15, -0.1) is 0 Å². The van der Waals surface area contributed by atoms with Gasteiger partial charge in [0.25, 0.3) is 7.37 Å². The van der Waals surface area contributed by atoms with Crippen molar-refractivity contribution in [2.75, 3.05) is 13.3 Å². The van der Waals surface area contributed by atoms with E-state index in [2.05, 4.69) is 14.8 Å². The van der Waals surface area contributed by atoms with E-state index in [1.54, 1.807) is 0 Å². The van der Waals surface area contributed by atoms with Crippen LogP contribution in [0.15, 0.2) is 5.28 Å². The summed E-state index contributed by atoms with van der Waals surface area (Å²) in [5, 5.41) is 2.66. The average Bonchev–Trinajstić information content (AvgIpc) is 1.59. The highest BCUT2D eigenvalue weighted by Gasteiger charge is 2.03. The second-order valence-electron chi connectivity index (χ2n) is 1.50. The highest BCUT2D eigenvalue weighted by molar-refractivity contribution is 7.57. The van der Waals surface area contributed by atoms with Crippen LogP contribution in [-0.2, 0) is 9.19 Å². The lowest BCUT2D eigenvalue weighted by atomic mass is 11.9. The van der Waals surface area contributed by atoms with Crippen LogP contribution in [0.4, 0.5) is 0 Å². The van der Waals surface area contributed by atoms with Gasteiger partial charge in [-0.1, -0.05) is 0 Å². The Morgan fingerprint density at radius 1 is 1.75 bits per heavy atom. The molecule has 0 bridgehead atoms. The fourth-order valence-corrected chi connectivity index (χ4v) is 0.313. The first kappa shape index (κ1) is 7.34. The second-order valence-corrected chi connectivity index (χ2v) is 4.17. The molecule has 0 radical (unpaired) electrons. The molecule has 0 aromatic rings. The summed E-state index contributed by atoms with van der Waals surface area (Å²) in [4.78, 5) is 2.25. The molecule has 0 unspecified atom stereocenters. The number of hydrogen-bond acceptors (Lipinski definition) is 3. The fraction of sp³-hybridized carbons (Fsp3) is 1.00. The van der Waals surface area contributed by atoms with E-state index in [4.69, 9.17) is 5.53 Å². The monoisotopic (exact) mass is 135 g/mol. The SMILES string of the molecule is CP(C)(=O)ON=[N+]=[N-]. The molecule has 0 spiro atoms. The van der Waals surface area contributed by atoms with E-state index < -0.39 is 7.37 Å². The summed E-state index contributed by atoms with van der Waals surface area (Å²) in [5.41, 5.74) is 7.64. The minimum absolute atomic E-state index is 1.36. The summed E-state index contributed by atoms with van der Waals surface area (Å²) in [6, 6.07) is 0. The molecule has 0 aliphatic carbocycles. The van der Waals surface area contributed by atoms with E-state index >= 15 is 0 Å². The molecule has 5 nitrogen and oxygen atoms in total. The quantitative estimate of drug-likeness (QED) is 0.190. The van der Waals surface area contributed by atoms with Gasteiger partial charge in [-0.3, -0.25) is 4.57 Å². The molecule has 0 heterocycles. The Balaban J connectivity index is 3.74. The van der Waals surface area contributed by atoms with Gasteiger partial charge in [0.1, 0.15) is 5.28 Å². The molecule has 8 heavy (non-hydrogen) atoms. The van der Waals surface area contributed by atoms with Crippen LogP contribution < -0.4 is 0 Å². The zero-order chi connectivity index (χ0) is 6.62. The van der Waals surface area contributed by atoms with E-state index in [1.165, 1.54) is 13.3 Å². The van der Waals surface area contributed by atoms with Crippen LogP contribution >= 0.6 is 7.37 Å². The largest absolute Gasteiger partial charge is 0.380 e. The first-order valence-electron chi connectivity index (χ1n) is 1.84. The van der Waals surface area contributed by atoms with Gasteiger partial charge in [-0.05, 0) is 5.53 Å². The van der Waals surface area contributed by atoms with Crippen molar-refractivity contribution in [2.24, 2.45) is 5.28 Å². The summed E-state index contributed by atoms with van der Waals surface area (Å²) in [7, 11) is -2.60. The molecular weight excluding hydrogens is 129 g/mol. The number of rotatable bonds is 2. The third-order valence-corrected chi connectivity index (χ3v) is 0.736. The van der Waals surface area contributed by atoms with Crippen molar-refractivity contribution in [3.63, 3.8) is 0 Å². The number of hydrogen-bond donors (Lipinski definition) is 0. The van der Waals surface area contributed by atoms with E-state index in [0.717, 1.165) is 0 Å². The topological polar surface area (TPSA) is 75.1 Å². The zero-order valence-corrected chi connectivity index (χ0v) is 5.50. The molecule has 0 rings (SSSR count). The van der Waals surface area contributed by atoms with Crippen LogP contribution in [0.1, 0.15) is 0 Å². The average molecular weight is 135 g/mol. The molecule has 0 amide bonds. The van der Waals surface area contributed by atoms with E-state index in [0.29, 0.717) is 0 Å². The summed E-state index contributed by atoms with van der Waals surface area (Å²) in [5.74, 6) is 0. The lowest BCUT2D eigenvalue weighted by Gasteiger charge is -1.98. The normalized spacial score (nSPS) is 9.75. The first-order valence-corrected chi connectivity index (χ1v) is 4.36. The molecule has 0 fully saturated rings. The second kappa shape index (κ2) is 2.60. The number of azide groups is 1. The molecule has 0 aromatic heterocycles. The van der Waals surface area contributed by atoms with Crippen molar-refractivity contribution >= 4 is 7.37 Å². The molecule has 0 atom stereocenters. The Kier molecular flexibility index (Phi) is 2.38. The lowest BCUT2D eigenvalue weighted by Crippen LogP contribution is -1.72. The van der Waals surface area contributed by atoms with Gasteiger partial charge in [-0.2, -0.15) is 0 Å². The third-order valence-electron chi connectivity index (χ3n) is 0.270. The van der Waals surface area contributed by atoms with E-state index in [1.807, 2.05) is 0 Å². The highest BCUT2D eigenvalue weighted by atomic mass is 31.2. The van der Waals surface area contributed by atoms with E-state index in [-0.39, 0.29) is 0 Å².